The van der Waals surface area contributed by atoms with Gasteiger partial charge in [-0.15, -0.1) is 0 Å². The summed E-state index contributed by atoms with van der Waals surface area (Å²) in [5.74, 6) is 0. The summed E-state index contributed by atoms with van der Waals surface area (Å²) in [5, 5.41) is 7.90. The van der Waals surface area contributed by atoms with Crippen molar-refractivity contribution in [2.24, 2.45) is 7.05 Å². The molecule has 5 nitrogen and oxygen atoms in total. The van der Waals surface area contributed by atoms with Crippen molar-refractivity contribution in [3.63, 3.8) is 0 Å². The lowest BCUT2D eigenvalue weighted by atomic mass is 9.84. The lowest BCUT2D eigenvalue weighted by molar-refractivity contribution is -0.140. The van der Waals surface area contributed by atoms with Gasteiger partial charge in [0.25, 0.3) is 0 Å². The largest absolute Gasteiger partial charge is 0.381 e. The van der Waals surface area contributed by atoms with Crippen LogP contribution in [0.5, 0.6) is 0 Å². The molecule has 1 atom stereocenters. The molecule has 5 heteroatoms. The Morgan fingerprint density at radius 2 is 2.25 bits per heavy atom. The lowest BCUT2D eigenvalue weighted by Crippen LogP contribution is -2.50. The number of rotatable bonds is 4. The number of hydrogen-bond acceptors (Lipinski definition) is 4. The topological polar surface area (TPSA) is 48.3 Å². The fourth-order valence-electron chi connectivity index (χ4n) is 3.34. The van der Waals surface area contributed by atoms with E-state index in [1.54, 1.807) is 0 Å². The van der Waals surface area contributed by atoms with Crippen molar-refractivity contribution in [3.8, 4) is 0 Å². The summed E-state index contributed by atoms with van der Waals surface area (Å²) in [6.45, 7) is 3.59. The predicted octanol–water partition coefficient (Wildman–Crippen LogP) is 1.28. The molecule has 2 aliphatic heterocycles. The Balaban J connectivity index is 1.47. The van der Waals surface area contributed by atoms with Gasteiger partial charge >= 0.3 is 0 Å². The van der Waals surface area contributed by atoms with Crippen LogP contribution in [-0.2, 0) is 22.9 Å². The Morgan fingerprint density at radius 3 is 3.00 bits per heavy atom. The van der Waals surface area contributed by atoms with Gasteiger partial charge in [0, 0.05) is 57.8 Å². The van der Waals surface area contributed by atoms with E-state index in [2.05, 4.69) is 16.5 Å². The highest BCUT2D eigenvalue weighted by Crippen LogP contribution is 2.34. The van der Waals surface area contributed by atoms with E-state index in [0.29, 0.717) is 6.04 Å². The average Bonchev–Trinajstić information content (AvgIpc) is 2.86. The lowest BCUT2D eigenvalue weighted by Gasteiger charge is -2.43. The minimum Gasteiger partial charge on any atom is -0.381 e. The van der Waals surface area contributed by atoms with E-state index in [4.69, 9.17) is 9.47 Å². The number of hydrogen-bond donors (Lipinski definition) is 1. The summed E-state index contributed by atoms with van der Waals surface area (Å²) in [6.07, 6.45) is 7.24. The zero-order valence-electron chi connectivity index (χ0n) is 12.3. The molecule has 1 aromatic heterocycles. The maximum Gasteiger partial charge on any atom is 0.0741 e. The van der Waals surface area contributed by atoms with Crippen LogP contribution in [0.25, 0.3) is 0 Å². The van der Waals surface area contributed by atoms with Crippen molar-refractivity contribution in [2.45, 2.75) is 43.7 Å². The molecule has 0 bridgehead atoms. The van der Waals surface area contributed by atoms with Crippen LogP contribution in [0.15, 0.2) is 12.3 Å². The molecule has 2 fully saturated rings. The highest BCUT2D eigenvalue weighted by atomic mass is 16.5. The molecule has 20 heavy (non-hydrogen) atoms. The van der Waals surface area contributed by atoms with Crippen LogP contribution in [0.1, 0.15) is 31.4 Å². The summed E-state index contributed by atoms with van der Waals surface area (Å²) in [5.41, 5.74) is 1.37. The van der Waals surface area contributed by atoms with Crippen LogP contribution in [0.2, 0.25) is 0 Å². The van der Waals surface area contributed by atoms with Gasteiger partial charge in [-0.2, -0.15) is 5.10 Å². The molecule has 2 aliphatic rings. The molecule has 2 saturated heterocycles. The van der Waals surface area contributed by atoms with Crippen molar-refractivity contribution in [1.29, 1.82) is 0 Å². The fourth-order valence-corrected chi connectivity index (χ4v) is 3.34. The van der Waals surface area contributed by atoms with E-state index in [1.807, 2.05) is 17.9 Å². The second-order valence-corrected chi connectivity index (χ2v) is 5.98. The van der Waals surface area contributed by atoms with Gasteiger partial charge in [-0.05, 0) is 31.7 Å². The average molecular weight is 279 g/mol. The van der Waals surface area contributed by atoms with Crippen molar-refractivity contribution >= 4 is 0 Å². The van der Waals surface area contributed by atoms with E-state index in [0.717, 1.165) is 58.5 Å². The van der Waals surface area contributed by atoms with Crippen molar-refractivity contribution in [3.05, 3.63) is 18.0 Å². The predicted molar refractivity (Wildman–Crippen MR) is 76.7 cm³/mol. The minimum atomic E-state index is 0.0840. The summed E-state index contributed by atoms with van der Waals surface area (Å²) in [6, 6.07) is 2.67. The zero-order chi connectivity index (χ0) is 13.8. The van der Waals surface area contributed by atoms with Gasteiger partial charge in [-0.1, -0.05) is 0 Å². The number of ether oxygens (including phenoxy) is 2. The number of aryl methyl sites for hydroxylation is 1. The van der Waals surface area contributed by atoms with Gasteiger partial charge in [-0.3, -0.25) is 4.68 Å². The second-order valence-electron chi connectivity index (χ2n) is 5.98. The zero-order valence-corrected chi connectivity index (χ0v) is 12.3. The SMILES string of the molecule is Cn1nccc1CCNC1CCOC2(CCOCC2)C1. The highest BCUT2D eigenvalue weighted by molar-refractivity contribution is 5.00. The standard InChI is InChI=1S/C15H25N3O2/c1-18-14(3-8-17-18)2-7-16-13-4-9-20-15(12-13)5-10-19-11-6-15/h3,8,13,16H,2,4-7,9-12H2,1H3. The van der Waals surface area contributed by atoms with Gasteiger partial charge in [0.15, 0.2) is 0 Å². The van der Waals surface area contributed by atoms with Crippen molar-refractivity contribution < 1.29 is 9.47 Å². The van der Waals surface area contributed by atoms with Crippen LogP contribution >= 0.6 is 0 Å². The van der Waals surface area contributed by atoms with Gasteiger partial charge in [0.05, 0.1) is 5.60 Å². The second kappa shape index (κ2) is 6.24. The quantitative estimate of drug-likeness (QED) is 0.902. The van der Waals surface area contributed by atoms with Crippen LogP contribution in [0.4, 0.5) is 0 Å². The van der Waals surface area contributed by atoms with E-state index in [9.17, 15) is 0 Å². The normalized spacial score (nSPS) is 25.9. The molecule has 1 aromatic rings. The number of nitrogens with one attached hydrogen (secondary N) is 1. The van der Waals surface area contributed by atoms with Crippen LogP contribution in [0.3, 0.4) is 0 Å². The maximum atomic E-state index is 6.07. The fraction of sp³-hybridized carbons (Fsp3) is 0.800. The molecule has 112 valence electrons. The van der Waals surface area contributed by atoms with Gasteiger partial charge in [0.2, 0.25) is 0 Å². The molecule has 1 spiro atoms. The first kappa shape index (κ1) is 14.0. The van der Waals surface area contributed by atoms with E-state index >= 15 is 0 Å². The van der Waals surface area contributed by atoms with E-state index in [-0.39, 0.29) is 5.60 Å². The number of nitrogens with zero attached hydrogens (tertiary/aromatic N) is 2. The summed E-state index contributed by atoms with van der Waals surface area (Å²) in [7, 11) is 2.00. The molecule has 3 rings (SSSR count). The van der Waals surface area contributed by atoms with Crippen molar-refractivity contribution in [2.75, 3.05) is 26.4 Å². The maximum absolute atomic E-state index is 6.07. The summed E-state index contributed by atoms with van der Waals surface area (Å²) < 4.78 is 13.5. The van der Waals surface area contributed by atoms with Gasteiger partial charge in [0.1, 0.15) is 0 Å². The third-order valence-corrected chi connectivity index (χ3v) is 4.63. The Kier molecular flexibility index (Phi) is 4.38. The number of aromatic nitrogens is 2. The first-order chi connectivity index (χ1) is 9.77. The Hall–Kier alpha value is -0.910. The van der Waals surface area contributed by atoms with Crippen LogP contribution < -0.4 is 5.32 Å². The molecular weight excluding hydrogens is 254 g/mol. The smallest absolute Gasteiger partial charge is 0.0741 e. The van der Waals surface area contributed by atoms with Crippen LogP contribution in [-0.4, -0.2) is 47.8 Å². The summed E-state index contributed by atoms with van der Waals surface area (Å²) in [4.78, 5) is 0. The molecule has 0 radical (unpaired) electrons. The molecule has 0 amide bonds. The first-order valence-corrected chi connectivity index (χ1v) is 7.69. The highest BCUT2D eigenvalue weighted by Gasteiger charge is 2.38. The van der Waals surface area contributed by atoms with Crippen molar-refractivity contribution in [1.82, 2.24) is 15.1 Å². The van der Waals surface area contributed by atoms with Crippen LogP contribution in [0, 0.1) is 0 Å². The van der Waals surface area contributed by atoms with Gasteiger partial charge in [-0.25, -0.2) is 0 Å². The summed E-state index contributed by atoms with van der Waals surface area (Å²) >= 11 is 0. The molecule has 1 unspecified atom stereocenters. The molecule has 0 aromatic carbocycles. The Morgan fingerprint density at radius 1 is 1.40 bits per heavy atom. The van der Waals surface area contributed by atoms with Gasteiger partial charge < -0.3 is 14.8 Å². The first-order valence-electron chi connectivity index (χ1n) is 7.69. The molecule has 3 heterocycles. The third-order valence-electron chi connectivity index (χ3n) is 4.63. The molecular formula is C15H25N3O2. The Bertz CT molecular complexity index is 421. The monoisotopic (exact) mass is 279 g/mol. The van der Waals surface area contributed by atoms with E-state index in [1.165, 1.54) is 5.69 Å². The molecule has 0 aliphatic carbocycles. The minimum absolute atomic E-state index is 0.0840. The van der Waals surface area contributed by atoms with E-state index < -0.39 is 0 Å². The molecule has 0 saturated carbocycles. The Labute approximate surface area is 120 Å². The third kappa shape index (κ3) is 3.22. The molecule has 1 N–H and O–H groups in total.